The van der Waals surface area contributed by atoms with Crippen molar-refractivity contribution in [1.82, 2.24) is 19.9 Å². The molecule has 3 aromatic heterocycles. The van der Waals surface area contributed by atoms with Crippen LogP contribution >= 0.6 is 0 Å². The van der Waals surface area contributed by atoms with E-state index in [2.05, 4.69) is 19.9 Å². The summed E-state index contributed by atoms with van der Waals surface area (Å²) in [7, 11) is 1.08. The fourth-order valence-electron chi connectivity index (χ4n) is 3.72. The number of fused-ring (bicyclic) bond motifs is 3. The minimum absolute atomic E-state index is 0.390. The van der Waals surface area contributed by atoms with Gasteiger partial charge in [-0.15, -0.1) is 0 Å². The molecule has 7 nitrogen and oxygen atoms in total. The minimum Gasteiger partial charge on any atom is -0.444 e. The number of nitrogens with zero attached hydrogens (tertiary/aromatic N) is 4. The van der Waals surface area contributed by atoms with E-state index < -0.39 is 24.9 Å². The summed E-state index contributed by atoms with van der Waals surface area (Å²) >= 11 is 0. The number of H-pyrrole nitrogens is 1. The third kappa shape index (κ3) is 4.06. The molecule has 29 heavy (non-hydrogen) atoms. The van der Waals surface area contributed by atoms with Crippen molar-refractivity contribution in [2.45, 2.75) is 25.1 Å². The molecule has 1 aliphatic rings. The summed E-state index contributed by atoms with van der Waals surface area (Å²) in [5, 5.41) is 2.84. The lowest BCUT2D eigenvalue weighted by Gasteiger charge is -2.35. The van der Waals surface area contributed by atoms with Crippen molar-refractivity contribution in [2.75, 3.05) is 31.6 Å². The first kappa shape index (κ1) is 19.3. The number of hydrogen-bond donors (Lipinski definition) is 1. The summed E-state index contributed by atoms with van der Waals surface area (Å²) in [6, 6.07) is 1.95. The van der Waals surface area contributed by atoms with E-state index in [1.165, 1.54) is 0 Å². The van der Waals surface area contributed by atoms with Crippen molar-refractivity contribution in [3.8, 4) is 0 Å². The Kier molecular flexibility index (Phi) is 4.93. The van der Waals surface area contributed by atoms with Crippen LogP contribution < -0.4 is 4.90 Å². The maximum absolute atomic E-state index is 12.5. The Morgan fingerprint density at radius 3 is 3.00 bits per heavy atom. The van der Waals surface area contributed by atoms with Crippen LogP contribution in [0.25, 0.3) is 21.8 Å². The number of halogens is 3. The van der Waals surface area contributed by atoms with Crippen molar-refractivity contribution in [1.29, 1.82) is 0 Å². The van der Waals surface area contributed by atoms with E-state index in [1.54, 1.807) is 18.6 Å². The van der Waals surface area contributed by atoms with Gasteiger partial charge in [0.15, 0.2) is 0 Å². The predicted octanol–water partition coefficient (Wildman–Crippen LogP) is 3.71. The Morgan fingerprint density at radius 1 is 1.38 bits per heavy atom. The van der Waals surface area contributed by atoms with Crippen LogP contribution in [0.15, 0.2) is 30.9 Å². The number of nitrogens with one attached hydrogen (secondary N) is 1. The summed E-state index contributed by atoms with van der Waals surface area (Å²) in [5.41, 5.74) is 1.65. The molecule has 1 N–H and O–H groups in total. The first-order valence-corrected chi connectivity index (χ1v) is 9.25. The molecule has 0 bridgehead atoms. The van der Waals surface area contributed by atoms with Gasteiger partial charge in [-0.25, -0.2) is 9.78 Å². The number of amides is 1. The Balaban J connectivity index is 1.55. The van der Waals surface area contributed by atoms with Gasteiger partial charge in [-0.05, 0) is 18.9 Å². The van der Waals surface area contributed by atoms with Gasteiger partial charge < -0.3 is 19.5 Å². The number of rotatable bonds is 3. The topological polar surface area (TPSA) is 74.3 Å². The Hall–Kier alpha value is -3.04. The normalized spacial score (nSPS) is 17.7. The molecule has 4 rings (SSSR count). The lowest BCUT2D eigenvalue weighted by Crippen LogP contribution is -2.44. The average molecular weight is 407 g/mol. The molecule has 3 aromatic rings. The van der Waals surface area contributed by atoms with Gasteiger partial charge >= 0.3 is 12.3 Å². The Labute approximate surface area is 164 Å². The van der Waals surface area contributed by atoms with Crippen LogP contribution in [-0.2, 0) is 4.74 Å². The highest BCUT2D eigenvalue weighted by molar-refractivity contribution is 6.10. The maximum Gasteiger partial charge on any atom is 0.410 e. The molecular weight excluding hydrogens is 387 g/mol. The number of pyridine rings is 2. The molecule has 1 fully saturated rings. The van der Waals surface area contributed by atoms with Crippen molar-refractivity contribution < 1.29 is 22.7 Å². The SMILES string of the molecule is CN(CC(F)(F)F)C(=O)OC1CCCN(c2cncc3cnc4[nH]ccc4c23)C1. The monoisotopic (exact) mass is 407 g/mol. The number of ether oxygens (including phenoxy) is 1. The van der Waals surface area contributed by atoms with Crippen molar-refractivity contribution in [2.24, 2.45) is 0 Å². The zero-order valence-corrected chi connectivity index (χ0v) is 15.7. The third-order valence-corrected chi connectivity index (χ3v) is 5.00. The van der Waals surface area contributed by atoms with Gasteiger partial charge in [-0.1, -0.05) is 0 Å². The van der Waals surface area contributed by atoms with Gasteiger partial charge in [0.2, 0.25) is 0 Å². The first-order chi connectivity index (χ1) is 13.8. The summed E-state index contributed by atoms with van der Waals surface area (Å²) in [4.78, 5) is 26.4. The van der Waals surface area contributed by atoms with E-state index in [-0.39, 0.29) is 0 Å². The number of alkyl halides is 3. The number of anilines is 1. The van der Waals surface area contributed by atoms with Crippen LogP contribution in [0, 0.1) is 0 Å². The molecule has 0 aliphatic carbocycles. The molecule has 154 valence electrons. The molecular formula is C19H20F3N5O2. The van der Waals surface area contributed by atoms with Crippen molar-refractivity contribution in [3.05, 3.63) is 30.9 Å². The van der Waals surface area contributed by atoms with Crippen LogP contribution in [0.5, 0.6) is 0 Å². The first-order valence-electron chi connectivity index (χ1n) is 9.25. The van der Waals surface area contributed by atoms with E-state index in [1.807, 2.05) is 12.3 Å². The van der Waals surface area contributed by atoms with E-state index >= 15 is 0 Å². The van der Waals surface area contributed by atoms with Gasteiger partial charge in [-0.2, -0.15) is 13.2 Å². The zero-order valence-electron chi connectivity index (χ0n) is 15.7. The molecule has 0 spiro atoms. The van der Waals surface area contributed by atoms with Gasteiger partial charge in [-0.3, -0.25) is 4.98 Å². The minimum atomic E-state index is -4.46. The van der Waals surface area contributed by atoms with Crippen molar-refractivity contribution in [3.63, 3.8) is 0 Å². The molecule has 1 amide bonds. The molecule has 10 heteroatoms. The van der Waals surface area contributed by atoms with E-state index in [0.717, 1.165) is 47.5 Å². The number of carbonyl (C=O) groups is 1. The number of aromatic amines is 1. The van der Waals surface area contributed by atoms with Gasteiger partial charge in [0.1, 0.15) is 18.3 Å². The summed E-state index contributed by atoms with van der Waals surface area (Å²) in [6.45, 7) is -0.212. The van der Waals surface area contributed by atoms with E-state index in [4.69, 9.17) is 4.74 Å². The molecule has 1 saturated heterocycles. The zero-order chi connectivity index (χ0) is 20.6. The highest BCUT2D eigenvalue weighted by Gasteiger charge is 2.33. The molecule has 0 radical (unpaired) electrons. The average Bonchev–Trinajstić information content (AvgIpc) is 3.15. The number of aromatic nitrogens is 3. The highest BCUT2D eigenvalue weighted by Crippen LogP contribution is 2.33. The van der Waals surface area contributed by atoms with Crippen LogP contribution in [0.4, 0.5) is 23.7 Å². The van der Waals surface area contributed by atoms with E-state index in [0.29, 0.717) is 17.9 Å². The summed E-state index contributed by atoms with van der Waals surface area (Å²) in [6.07, 6.45) is 2.49. The second-order valence-corrected chi connectivity index (χ2v) is 7.19. The largest absolute Gasteiger partial charge is 0.444 e. The van der Waals surface area contributed by atoms with Gasteiger partial charge in [0.05, 0.1) is 18.4 Å². The fraction of sp³-hybridized carbons (Fsp3) is 0.421. The van der Waals surface area contributed by atoms with E-state index in [9.17, 15) is 18.0 Å². The molecule has 0 saturated carbocycles. The smallest absolute Gasteiger partial charge is 0.410 e. The number of carbonyl (C=O) groups excluding carboxylic acids is 1. The standard InChI is InChI=1S/C19H20F3N5O2/c1-26(11-19(20,21)22)18(28)29-13-3-2-6-27(10-13)15-9-23-7-12-8-25-17-14(16(12)15)4-5-24-17/h4-5,7-9,13H,2-3,6,10-11H2,1H3,(H,24,25). The molecule has 1 atom stereocenters. The summed E-state index contributed by atoms with van der Waals surface area (Å²) in [5.74, 6) is 0. The Bertz CT molecular complexity index is 1040. The second kappa shape index (κ2) is 7.41. The quantitative estimate of drug-likeness (QED) is 0.717. The van der Waals surface area contributed by atoms with Crippen LogP contribution in [0.1, 0.15) is 12.8 Å². The molecule has 1 unspecified atom stereocenters. The number of piperidine rings is 1. The fourth-order valence-corrected chi connectivity index (χ4v) is 3.72. The lowest BCUT2D eigenvalue weighted by atomic mass is 10.0. The Morgan fingerprint density at radius 2 is 2.21 bits per heavy atom. The molecule has 4 heterocycles. The predicted molar refractivity (Wildman–Crippen MR) is 102 cm³/mol. The van der Waals surface area contributed by atoms with Crippen LogP contribution in [-0.4, -0.2) is 64.9 Å². The summed E-state index contributed by atoms with van der Waals surface area (Å²) < 4.78 is 42.9. The molecule has 0 aromatic carbocycles. The number of hydrogen-bond acceptors (Lipinski definition) is 5. The third-order valence-electron chi connectivity index (χ3n) is 5.00. The molecule has 1 aliphatic heterocycles. The van der Waals surface area contributed by atoms with Gasteiger partial charge in [0.25, 0.3) is 0 Å². The van der Waals surface area contributed by atoms with Crippen LogP contribution in [0.2, 0.25) is 0 Å². The second-order valence-electron chi connectivity index (χ2n) is 7.19. The highest BCUT2D eigenvalue weighted by atomic mass is 19.4. The van der Waals surface area contributed by atoms with Crippen molar-refractivity contribution >= 4 is 33.6 Å². The van der Waals surface area contributed by atoms with Crippen LogP contribution in [0.3, 0.4) is 0 Å². The van der Waals surface area contributed by atoms with Gasteiger partial charge in [0, 0.05) is 48.3 Å². The maximum atomic E-state index is 12.5. The lowest BCUT2D eigenvalue weighted by molar-refractivity contribution is -0.140.